The van der Waals surface area contributed by atoms with Crippen molar-refractivity contribution in [3.63, 3.8) is 0 Å². The van der Waals surface area contributed by atoms with Gasteiger partial charge < -0.3 is 0 Å². The first kappa shape index (κ1) is 17.1. The highest BCUT2D eigenvalue weighted by molar-refractivity contribution is 4.79. The van der Waals surface area contributed by atoms with Gasteiger partial charge in [-0.25, -0.2) is 0 Å². The Morgan fingerprint density at radius 2 is 1.05 bits per heavy atom. The normalized spacial score (nSPS) is 34.9. The van der Waals surface area contributed by atoms with Crippen LogP contribution < -0.4 is 0 Å². The third-order valence-electron chi connectivity index (χ3n) is 5.96. The van der Waals surface area contributed by atoms with E-state index in [2.05, 4.69) is 6.92 Å². The Kier molecular flexibility index (Phi) is 6.43. The van der Waals surface area contributed by atoms with Crippen molar-refractivity contribution < 1.29 is 13.2 Å². The first-order valence-corrected chi connectivity index (χ1v) is 9.05. The predicted molar refractivity (Wildman–Crippen MR) is 81.1 cm³/mol. The van der Waals surface area contributed by atoms with Crippen molar-refractivity contribution in [3.05, 3.63) is 0 Å². The second-order valence-corrected chi connectivity index (χ2v) is 7.51. The zero-order valence-electron chi connectivity index (χ0n) is 13.4. The molecule has 2 aliphatic carbocycles. The zero-order chi connectivity index (χ0) is 15.3. The lowest BCUT2D eigenvalue weighted by atomic mass is 9.75. The molecule has 0 amide bonds. The van der Waals surface area contributed by atoms with Crippen molar-refractivity contribution >= 4 is 0 Å². The minimum Gasteiger partial charge on any atom is -0.171 e. The highest BCUT2D eigenvalue weighted by Crippen LogP contribution is 2.42. The molecule has 2 aliphatic rings. The fraction of sp³-hybridized carbons (Fsp3) is 1.00. The minimum atomic E-state index is -3.96. The van der Waals surface area contributed by atoms with E-state index in [9.17, 15) is 13.2 Å². The van der Waals surface area contributed by atoms with Crippen LogP contribution in [0.5, 0.6) is 0 Å². The van der Waals surface area contributed by atoms with Gasteiger partial charge in [-0.2, -0.15) is 13.2 Å². The largest absolute Gasteiger partial charge is 0.391 e. The van der Waals surface area contributed by atoms with E-state index in [1.54, 1.807) is 0 Å². The highest BCUT2D eigenvalue weighted by atomic mass is 19.4. The van der Waals surface area contributed by atoms with Crippen LogP contribution in [0.15, 0.2) is 0 Å². The summed E-state index contributed by atoms with van der Waals surface area (Å²) in [7, 11) is 0. The molecule has 21 heavy (non-hydrogen) atoms. The van der Waals surface area contributed by atoms with Crippen molar-refractivity contribution in [1.82, 2.24) is 0 Å². The molecule has 0 aromatic carbocycles. The summed E-state index contributed by atoms with van der Waals surface area (Å²) in [5.74, 6) is 1.36. The minimum absolute atomic E-state index is 0.372. The van der Waals surface area contributed by atoms with Gasteiger partial charge in [0.25, 0.3) is 0 Å². The topological polar surface area (TPSA) is 0 Å². The third-order valence-corrected chi connectivity index (χ3v) is 5.96. The standard InChI is InChI=1S/C18H31F3/c1-2-3-14-4-6-15(7-5-14)8-9-16-10-12-17(13-11-16)18(19,20)21/h14-17H,2-13H2,1H3. The van der Waals surface area contributed by atoms with Crippen LogP contribution in [0.25, 0.3) is 0 Å². The van der Waals surface area contributed by atoms with Crippen molar-refractivity contribution in [2.75, 3.05) is 0 Å². The molecule has 0 heterocycles. The maximum absolute atomic E-state index is 12.6. The Bertz CT molecular complexity index is 281. The van der Waals surface area contributed by atoms with Gasteiger partial charge in [-0.15, -0.1) is 0 Å². The van der Waals surface area contributed by atoms with Gasteiger partial charge in [0.2, 0.25) is 0 Å². The van der Waals surface area contributed by atoms with Crippen LogP contribution in [0, 0.1) is 23.7 Å². The lowest BCUT2D eigenvalue weighted by Gasteiger charge is -2.32. The molecule has 0 nitrogen and oxygen atoms in total. The molecule has 0 bridgehead atoms. The summed E-state index contributed by atoms with van der Waals surface area (Å²) in [6.07, 6.45) is 9.02. The molecular weight excluding hydrogens is 273 g/mol. The Morgan fingerprint density at radius 3 is 1.43 bits per heavy atom. The van der Waals surface area contributed by atoms with Crippen molar-refractivity contribution in [2.24, 2.45) is 23.7 Å². The molecule has 0 aliphatic heterocycles. The molecule has 3 heteroatoms. The van der Waals surface area contributed by atoms with E-state index in [-0.39, 0.29) is 0 Å². The molecule has 0 N–H and O–H groups in total. The summed E-state index contributed by atoms with van der Waals surface area (Å²) < 4.78 is 37.9. The van der Waals surface area contributed by atoms with Gasteiger partial charge in [0.1, 0.15) is 0 Å². The van der Waals surface area contributed by atoms with E-state index < -0.39 is 12.1 Å². The average Bonchev–Trinajstić information content (AvgIpc) is 2.46. The van der Waals surface area contributed by atoms with E-state index in [1.807, 2.05) is 0 Å². The van der Waals surface area contributed by atoms with Crippen LogP contribution >= 0.6 is 0 Å². The number of halogens is 3. The lowest BCUT2D eigenvalue weighted by molar-refractivity contribution is -0.184. The molecule has 124 valence electrons. The highest BCUT2D eigenvalue weighted by Gasteiger charge is 2.41. The Hall–Kier alpha value is -0.210. The van der Waals surface area contributed by atoms with Gasteiger partial charge in [-0.3, -0.25) is 0 Å². The van der Waals surface area contributed by atoms with Gasteiger partial charge in [0.05, 0.1) is 5.92 Å². The molecule has 0 radical (unpaired) electrons. The van der Waals surface area contributed by atoms with E-state index in [0.29, 0.717) is 18.8 Å². The molecule has 0 unspecified atom stereocenters. The van der Waals surface area contributed by atoms with E-state index in [0.717, 1.165) is 24.7 Å². The quantitative estimate of drug-likeness (QED) is 0.527. The number of alkyl halides is 3. The van der Waals surface area contributed by atoms with Crippen LogP contribution in [-0.4, -0.2) is 6.18 Å². The van der Waals surface area contributed by atoms with Gasteiger partial charge in [-0.05, 0) is 43.4 Å². The molecule has 2 rings (SSSR count). The van der Waals surface area contributed by atoms with Crippen molar-refractivity contribution in [3.8, 4) is 0 Å². The summed E-state index contributed by atoms with van der Waals surface area (Å²) in [6.45, 7) is 2.27. The second kappa shape index (κ2) is 7.87. The maximum Gasteiger partial charge on any atom is 0.391 e. The van der Waals surface area contributed by atoms with Crippen LogP contribution in [0.3, 0.4) is 0 Å². The zero-order valence-corrected chi connectivity index (χ0v) is 13.4. The summed E-state index contributed by atoms with van der Waals surface area (Å²) in [5.41, 5.74) is 0. The lowest BCUT2D eigenvalue weighted by Crippen LogP contribution is -2.28. The van der Waals surface area contributed by atoms with E-state index >= 15 is 0 Å². The van der Waals surface area contributed by atoms with Crippen LogP contribution in [0.4, 0.5) is 13.2 Å². The monoisotopic (exact) mass is 304 g/mol. The third kappa shape index (κ3) is 5.49. The van der Waals surface area contributed by atoms with Gasteiger partial charge in [0, 0.05) is 0 Å². The molecule has 0 aromatic heterocycles. The number of hydrogen-bond donors (Lipinski definition) is 0. The predicted octanol–water partition coefficient (Wildman–Crippen LogP) is 6.74. The smallest absolute Gasteiger partial charge is 0.171 e. The summed E-state index contributed by atoms with van der Waals surface area (Å²) in [4.78, 5) is 0. The number of rotatable bonds is 5. The van der Waals surface area contributed by atoms with Crippen molar-refractivity contribution in [2.45, 2.75) is 90.1 Å². The fourth-order valence-corrected chi connectivity index (χ4v) is 4.47. The molecule has 0 spiro atoms. The number of hydrogen-bond acceptors (Lipinski definition) is 0. The summed E-state index contributed by atoms with van der Waals surface area (Å²) in [6, 6.07) is 0. The van der Waals surface area contributed by atoms with Crippen LogP contribution in [-0.2, 0) is 0 Å². The Morgan fingerprint density at radius 1 is 0.667 bits per heavy atom. The Balaban J connectivity index is 1.60. The molecule has 2 fully saturated rings. The molecule has 0 atom stereocenters. The summed E-state index contributed by atoms with van der Waals surface area (Å²) >= 11 is 0. The molecular formula is C18H31F3. The van der Waals surface area contributed by atoms with Gasteiger partial charge >= 0.3 is 6.18 Å². The second-order valence-electron chi connectivity index (χ2n) is 7.51. The maximum atomic E-state index is 12.6. The fourth-order valence-electron chi connectivity index (χ4n) is 4.47. The van der Waals surface area contributed by atoms with Gasteiger partial charge in [0.15, 0.2) is 0 Å². The van der Waals surface area contributed by atoms with Crippen LogP contribution in [0.1, 0.15) is 84.0 Å². The molecule has 0 saturated heterocycles. The van der Waals surface area contributed by atoms with E-state index in [1.165, 1.54) is 51.4 Å². The first-order chi connectivity index (χ1) is 9.99. The first-order valence-electron chi connectivity index (χ1n) is 9.05. The molecule has 2 saturated carbocycles. The van der Waals surface area contributed by atoms with Crippen LogP contribution in [0.2, 0.25) is 0 Å². The van der Waals surface area contributed by atoms with E-state index in [4.69, 9.17) is 0 Å². The summed E-state index contributed by atoms with van der Waals surface area (Å²) in [5, 5.41) is 0. The van der Waals surface area contributed by atoms with Crippen molar-refractivity contribution in [1.29, 1.82) is 0 Å². The average molecular weight is 304 g/mol. The van der Waals surface area contributed by atoms with Gasteiger partial charge in [-0.1, -0.05) is 58.3 Å². The SMILES string of the molecule is CCCC1CCC(CCC2CCC(C(F)(F)F)CC2)CC1. The Labute approximate surface area is 127 Å². The molecule has 0 aromatic rings.